The van der Waals surface area contributed by atoms with Gasteiger partial charge in [-0.05, 0) is 17.7 Å². The maximum atomic E-state index is 11.4. The third kappa shape index (κ3) is 3.52. The first-order valence-corrected chi connectivity index (χ1v) is 6.50. The zero-order valence-electron chi connectivity index (χ0n) is 8.20. The summed E-state index contributed by atoms with van der Waals surface area (Å²) in [5.41, 5.74) is 1.35. The number of ketones is 1. The summed E-state index contributed by atoms with van der Waals surface area (Å²) in [6.45, 7) is 1.80. The Labute approximate surface area is 99.3 Å². The minimum absolute atomic E-state index is 0.0542. The second-order valence-corrected chi connectivity index (χ2v) is 4.84. The third-order valence-corrected chi connectivity index (χ3v) is 3.18. The van der Waals surface area contributed by atoms with E-state index in [9.17, 15) is 9.00 Å². The van der Waals surface area contributed by atoms with Crippen molar-refractivity contribution in [3.63, 3.8) is 0 Å². The monoisotopic (exact) mass is 290 g/mol. The Kier molecular flexibility index (Phi) is 4.63. The molecule has 1 atom stereocenters. The fourth-order valence-corrected chi connectivity index (χ4v) is 2.32. The van der Waals surface area contributed by atoms with E-state index in [0.717, 1.165) is 5.56 Å². The molecule has 3 nitrogen and oxygen atoms in total. The maximum absolute atomic E-state index is 11.4. The quantitative estimate of drug-likeness (QED) is 0.685. The second-order valence-electron chi connectivity index (χ2n) is 3.06. The molecule has 1 N–H and O–H groups in total. The van der Waals surface area contributed by atoms with Crippen molar-refractivity contribution in [1.29, 1.82) is 0 Å². The zero-order valence-corrected chi connectivity index (χ0v) is 10.6. The molecule has 82 valence electrons. The summed E-state index contributed by atoms with van der Waals surface area (Å²) in [6.07, 6.45) is 0.448. The lowest BCUT2D eigenvalue weighted by molar-refractivity contribution is 0.0987. The third-order valence-electron chi connectivity index (χ3n) is 1.95. The summed E-state index contributed by atoms with van der Waals surface area (Å²) in [4.78, 5) is 11.4. The highest BCUT2D eigenvalue weighted by Crippen LogP contribution is 2.20. The number of carbonyl (C=O) groups is 1. The average Bonchev–Trinajstić information content (AvgIpc) is 2.16. The molecular weight excluding hydrogens is 280 g/mol. The fourth-order valence-electron chi connectivity index (χ4n) is 1.21. The number of rotatable bonds is 4. The highest BCUT2D eigenvalue weighted by Gasteiger charge is 2.09. The molecular formula is C10H11BrO3S. The van der Waals surface area contributed by atoms with E-state index in [-0.39, 0.29) is 11.5 Å². The number of hydrogen-bond donors (Lipinski definition) is 1. The van der Waals surface area contributed by atoms with Crippen molar-refractivity contribution in [2.24, 2.45) is 0 Å². The Bertz CT molecular complexity index is 404. The molecule has 15 heavy (non-hydrogen) atoms. The molecule has 1 aromatic rings. The van der Waals surface area contributed by atoms with Crippen LogP contribution in [0.4, 0.5) is 0 Å². The van der Waals surface area contributed by atoms with Gasteiger partial charge in [-0.1, -0.05) is 28.9 Å². The molecule has 0 bridgehead atoms. The molecule has 0 aliphatic rings. The van der Waals surface area contributed by atoms with Crippen LogP contribution in [-0.2, 0) is 16.8 Å². The van der Waals surface area contributed by atoms with Crippen molar-refractivity contribution in [2.75, 3.05) is 0 Å². The number of Topliss-reactive ketones (excluding diaryl/α,β-unsaturated/α-hetero) is 1. The van der Waals surface area contributed by atoms with Crippen LogP contribution in [0.1, 0.15) is 29.3 Å². The van der Waals surface area contributed by atoms with E-state index in [1.54, 1.807) is 25.1 Å². The largest absolute Gasteiger partial charge is 0.306 e. The molecule has 0 aliphatic heterocycles. The molecule has 0 radical (unpaired) electrons. The minimum Gasteiger partial charge on any atom is -0.306 e. The SMILES string of the molecule is CCC(=O)c1ccc(CS(=O)O)cc1Br. The topological polar surface area (TPSA) is 54.4 Å². The van der Waals surface area contributed by atoms with E-state index in [1.807, 2.05) is 0 Å². The highest BCUT2D eigenvalue weighted by atomic mass is 79.9. The van der Waals surface area contributed by atoms with Crippen LogP contribution in [0, 0.1) is 0 Å². The summed E-state index contributed by atoms with van der Waals surface area (Å²) >= 11 is 1.43. The summed E-state index contributed by atoms with van der Waals surface area (Å²) in [7, 11) is 0. The van der Waals surface area contributed by atoms with Crippen LogP contribution in [0.3, 0.4) is 0 Å². The number of halogens is 1. The van der Waals surface area contributed by atoms with Crippen molar-refractivity contribution in [3.8, 4) is 0 Å². The van der Waals surface area contributed by atoms with Gasteiger partial charge in [0.15, 0.2) is 16.9 Å². The zero-order chi connectivity index (χ0) is 11.4. The Balaban J connectivity index is 2.97. The van der Waals surface area contributed by atoms with Gasteiger partial charge in [-0.2, -0.15) is 0 Å². The Morgan fingerprint density at radius 1 is 1.53 bits per heavy atom. The highest BCUT2D eigenvalue weighted by molar-refractivity contribution is 9.10. The first-order chi connectivity index (χ1) is 7.04. The number of hydrogen-bond acceptors (Lipinski definition) is 2. The van der Waals surface area contributed by atoms with E-state index in [4.69, 9.17) is 4.55 Å². The molecule has 1 aromatic carbocycles. The van der Waals surface area contributed by atoms with Gasteiger partial charge >= 0.3 is 0 Å². The second kappa shape index (κ2) is 5.53. The lowest BCUT2D eigenvalue weighted by Gasteiger charge is -2.04. The van der Waals surface area contributed by atoms with Gasteiger partial charge in [0.1, 0.15) is 0 Å². The van der Waals surface area contributed by atoms with Crippen molar-refractivity contribution in [3.05, 3.63) is 33.8 Å². The predicted octanol–water partition coefficient (Wildman–Crippen LogP) is 2.76. The lowest BCUT2D eigenvalue weighted by atomic mass is 10.1. The Hall–Kier alpha value is -0.520. The molecule has 0 spiro atoms. The molecule has 0 amide bonds. The molecule has 0 aromatic heterocycles. The van der Waals surface area contributed by atoms with Gasteiger partial charge in [0.2, 0.25) is 0 Å². The van der Waals surface area contributed by atoms with Crippen LogP contribution in [-0.4, -0.2) is 14.5 Å². The Morgan fingerprint density at radius 3 is 2.67 bits per heavy atom. The smallest absolute Gasteiger partial charge is 0.163 e. The molecule has 1 rings (SSSR count). The fraction of sp³-hybridized carbons (Fsp3) is 0.300. The van der Waals surface area contributed by atoms with Crippen LogP contribution in [0.25, 0.3) is 0 Å². The van der Waals surface area contributed by atoms with Gasteiger partial charge in [0.25, 0.3) is 0 Å². The van der Waals surface area contributed by atoms with Gasteiger partial charge < -0.3 is 4.55 Å². The molecule has 0 saturated heterocycles. The normalized spacial score (nSPS) is 12.5. The molecule has 1 unspecified atom stereocenters. The number of carbonyl (C=O) groups excluding carboxylic acids is 1. The van der Waals surface area contributed by atoms with Gasteiger partial charge in [0, 0.05) is 16.5 Å². The van der Waals surface area contributed by atoms with Crippen molar-refractivity contribution >= 4 is 32.8 Å². The minimum atomic E-state index is -1.85. The van der Waals surface area contributed by atoms with Crippen LogP contribution in [0.5, 0.6) is 0 Å². The summed E-state index contributed by atoms with van der Waals surface area (Å²) in [5, 5.41) is 0. The van der Waals surface area contributed by atoms with Crippen LogP contribution < -0.4 is 0 Å². The standard InChI is InChI=1S/C10H11BrO3S/c1-2-10(12)8-4-3-7(5-9(8)11)6-15(13)14/h3-5H,2,6H2,1H3,(H,13,14). The van der Waals surface area contributed by atoms with E-state index in [1.165, 1.54) is 0 Å². The van der Waals surface area contributed by atoms with E-state index in [2.05, 4.69) is 15.9 Å². The molecule has 0 saturated carbocycles. The summed E-state index contributed by atoms with van der Waals surface area (Å²) < 4.78 is 20.0. The Morgan fingerprint density at radius 2 is 2.20 bits per heavy atom. The molecule has 5 heteroatoms. The van der Waals surface area contributed by atoms with Crippen LogP contribution in [0.15, 0.2) is 22.7 Å². The van der Waals surface area contributed by atoms with Gasteiger partial charge in [0.05, 0.1) is 5.75 Å². The van der Waals surface area contributed by atoms with E-state index >= 15 is 0 Å². The van der Waals surface area contributed by atoms with Gasteiger partial charge in [-0.15, -0.1) is 0 Å². The van der Waals surface area contributed by atoms with Crippen molar-refractivity contribution in [2.45, 2.75) is 19.1 Å². The van der Waals surface area contributed by atoms with Crippen LogP contribution >= 0.6 is 15.9 Å². The lowest BCUT2D eigenvalue weighted by Crippen LogP contribution is -2.00. The number of benzene rings is 1. The first kappa shape index (κ1) is 12.5. The van der Waals surface area contributed by atoms with Crippen molar-refractivity contribution < 1.29 is 13.6 Å². The summed E-state index contributed by atoms with van der Waals surface area (Å²) in [5.74, 6) is 0.137. The molecule has 0 fully saturated rings. The van der Waals surface area contributed by atoms with Gasteiger partial charge in [-0.25, -0.2) is 4.21 Å². The van der Waals surface area contributed by atoms with Crippen molar-refractivity contribution in [1.82, 2.24) is 0 Å². The first-order valence-electron chi connectivity index (χ1n) is 4.43. The molecule has 0 heterocycles. The van der Waals surface area contributed by atoms with Crippen LogP contribution in [0.2, 0.25) is 0 Å². The summed E-state index contributed by atoms with van der Waals surface area (Å²) in [6, 6.07) is 5.08. The van der Waals surface area contributed by atoms with Gasteiger partial charge in [-0.3, -0.25) is 4.79 Å². The maximum Gasteiger partial charge on any atom is 0.163 e. The average molecular weight is 291 g/mol. The predicted molar refractivity (Wildman–Crippen MR) is 63.2 cm³/mol. The van der Waals surface area contributed by atoms with E-state index in [0.29, 0.717) is 16.5 Å². The van der Waals surface area contributed by atoms with E-state index < -0.39 is 11.1 Å². The molecule has 0 aliphatic carbocycles.